The summed E-state index contributed by atoms with van der Waals surface area (Å²) in [4.78, 5) is 29.3. The molecular formula is C30H23ClF3N7O2. The molecule has 13 heteroatoms. The first-order chi connectivity index (χ1) is 20.6. The Morgan fingerprint density at radius 1 is 0.860 bits per heavy atom. The summed E-state index contributed by atoms with van der Waals surface area (Å²) in [6.45, 7) is 1.94. The van der Waals surface area contributed by atoms with Crippen LogP contribution in [0.2, 0.25) is 5.02 Å². The summed E-state index contributed by atoms with van der Waals surface area (Å²) in [5.74, 6) is 0.773. The van der Waals surface area contributed by atoms with E-state index in [1.165, 1.54) is 24.7 Å². The van der Waals surface area contributed by atoms with Crippen LogP contribution in [0.3, 0.4) is 0 Å². The van der Waals surface area contributed by atoms with Gasteiger partial charge in [-0.3, -0.25) is 4.98 Å². The number of carbonyl (C=O) groups excluding carboxylic acids is 1. The minimum Gasteiger partial charge on any atom is -0.424 e. The number of urea groups is 1. The second kappa shape index (κ2) is 12.3. The largest absolute Gasteiger partial charge is 0.424 e. The number of ether oxygens (including phenoxy) is 1. The molecule has 5 aromatic rings. The number of nitrogens with one attached hydrogen (secondary N) is 2. The van der Waals surface area contributed by atoms with E-state index in [-0.39, 0.29) is 17.4 Å². The highest BCUT2D eigenvalue weighted by atomic mass is 35.5. The molecule has 0 radical (unpaired) electrons. The highest BCUT2D eigenvalue weighted by Gasteiger charge is 2.31. The molecule has 0 saturated carbocycles. The van der Waals surface area contributed by atoms with Crippen LogP contribution in [-0.2, 0) is 12.6 Å². The van der Waals surface area contributed by atoms with Gasteiger partial charge in [0.25, 0.3) is 0 Å². The van der Waals surface area contributed by atoms with E-state index in [0.29, 0.717) is 39.7 Å². The molecule has 9 nitrogen and oxygen atoms in total. The molecule has 43 heavy (non-hydrogen) atoms. The van der Waals surface area contributed by atoms with Crippen LogP contribution < -0.4 is 21.1 Å². The van der Waals surface area contributed by atoms with Gasteiger partial charge in [-0.2, -0.15) is 13.2 Å². The Bertz CT molecular complexity index is 1750. The molecule has 0 saturated heterocycles. The van der Waals surface area contributed by atoms with Crippen molar-refractivity contribution < 1.29 is 22.7 Å². The number of aromatic nitrogens is 4. The van der Waals surface area contributed by atoms with Crippen LogP contribution in [0.5, 0.6) is 11.8 Å². The molecule has 0 fully saturated rings. The maximum atomic E-state index is 13.4. The standard InChI is InChI=1S/C30H23ClF3N7O2/c1-2-21-7-3-18(13-36-21)24-10-6-19(30(32,33)34)11-26(24)41-28(42)40-22-15-38-29(39-16-22)43-23-8-4-17(5-9-23)25-12-20(31)14-37-27(25)35/h3-16H,2H2,1H3,(H2,35,37)(H2,40,41,42). The van der Waals surface area contributed by atoms with Crippen molar-refractivity contribution in [1.29, 1.82) is 0 Å². The Hall–Kier alpha value is -5.23. The molecule has 5 rings (SSSR count). The van der Waals surface area contributed by atoms with Gasteiger partial charge in [-0.25, -0.2) is 19.7 Å². The molecule has 4 N–H and O–H groups in total. The number of nitrogens with zero attached hydrogens (tertiary/aromatic N) is 4. The molecule has 0 atom stereocenters. The quantitative estimate of drug-likeness (QED) is 0.172. The fourth-order valence-electron chi connectivity index (χ4n) is 4.08. The Balaban J connectivity index is 1.27. The Labute approximate surface area is 249 Å². The van der Waals surface area contributed by atoms with Gasteiger partial charge in [0.2, 0.25) is 0 Å². The lowest BCUT2D eigenvalue weighted by atomic mass is 10.0. The molecule has 3 aromatic heterocycles. The zero-order valence-corrected chi connectivity index (χ0v) is 23.2. The Morgan fingerprint density at radius 2 is 1.58 bits per heavy atom. The molecule has 218 valence electrons. The molecule has 0 spiro atoms. The first-order valence-electron chi connectivity index (χ1n) is 12.8. The predicted octanol–water partition coefficient (Wildman–Crippen LogP) is 7.85. The maximum Gasteiger partial charge on any atom is 0.416 e. The lowest BCUT2D eigenvalue weighted by Crippen LogP contribution is -2.20. The normalized spacial score (nSPS) is 11.2. The van der Waals surface area contributed by atoms with Crippen molar-refractivity contribution in [3.8, 4) is 34.0 Å². The number of halogens is 4. The minimum atomic E-state index is -4.60. The van der Waals surface area contributed by atoms with Gasteiger partial charge in [0.1, 0.15) is 11.6 Å². The fourth-order valence-corrected chi connectivity index (χ4v) is 4.23. The van der Waals surface area contributed by atoms with Crippen LogP contribution >= 0.6 is 11.6 Å². The van der Waals surface area contributed by atoms with Gasteiger partial charge in [0.05, 0.1) is 34.4 Å². The van der Waals surface area contributed by atoms with Crippen molar-refractivity contribution in [2.24, 2.45) is 0 Å². The molecule has 0 bridgehead atoms. The number of hydrogen-bond donors (Lipinski definition) is 3. The summed E-state index contributed by atoms with van der Waals surface area (Å²) in [6.07, 6.45) is 1.72. The summed E-state index contributed by atoms with van der Waals surface area (Å²) in [5.41, 5.74) is 8.38. The van der Waals surface area contributed by atoms with Crippen LogP contribution in [0.15, 0.2) is 85.5 Å². The Morgan fingerprint density at radius 3 is 2.23 bits per heavy atom. The second-order valence-electron chi connectivity index (χ2n) is 9.20. The highest BCUT2D eigenvalue weighted by Crippen LogP contribution is 2.36. The van der Waals surface area contributed by atoms with Gasteiger partial charge in [0, 0.05) is 34.8 Å². The van der Waals surface area contributed by atoms with Crippen molar-refractivity contribution in [3.05, 3.63) is 102 Å². The molecule has 0 aliphatic heterocycles. The topological polar surface area (TPSA) is 128 Å². The van der Waals surface area contributed by atoms with Crippen LogP contribution in [0.1, 0.15) is 18.2 Å². The van der Waals surface area contributed by atoms with Gasteiger partial charge in [0.15, 0.2) is 0 Å². The molecular weight excluding hydrogens is 583 g/mol. The molecule has 2 amide bonds. The van der Waals surface area contributed by atoms with E-state index in [1.807, 2.05) is 6.92 Å². The monoisotopic (exact) mass is 605 g/mol. The lowest BCUT2D eigenvalue weighted by molar-refractivity contribution is -0.137. The number of pyridine rings is 2. The number of nitrogen functional groups attached to an aromatic ring is 1. The van der Waals surface area contributed by atoms with E-state index in [1.54, 1.807) is 48.7 Å². The number of anilines is 3. The number of nitrogens with two attached hydrogens (primary N) is 1. The molecule has 0 aliphatic rings. The fraction of sp³-hybridized carbons (Fsp3) is 0.100. The average Bonchev–Trinajstić information content (AvgIpc) is 2.99. The summed E-state index contributed by atoms with van der Waals surface area (Å²) in [6, 6.07) is 14.5. The molecule has 2 aromatic carbocycles. The maximum absolute atomic E-state index is 13.4. The summed E-state index contributed by atoms with van der Waals surface area (Å²) >= 11 is 6.02. The van der Waals surface area contributed by atoms with E-state index in [9.17, 15) is 18.0 Å². The highest BCUT2D eigenvalue weighted by molar-refractivity contribution is 6.30. The molecule has 0 unspecified atom stereocenters. The van der Waals surface area contributed by atoms with Gasteiger partial charge < -0.3 is 21.1 Å². The van der Waals surface area contributed by atoms with E-state index in [4.69, 9.17) is 22.1 Å². The SMILES string of the molecule is CCc1ccc(-c2ccc(C(F)(F)F)cc2NC(=O)Nc2cnc(Oc3ccc(-c4cc(Cl)cnc4N)cc3)nc2)cn1. The zero-order valence-electron chi connectivity index (χ0n) is 22.5. The van der Waals surface area contributed by atoms with E-state index >= 15 is 0 Å². The van der Waals surface area contributed by atoms with Crippen molar-refractivity contribution in [1.82, 2.24) is 19.9 Å². The number of rotatable bonds is 7. The van der Waals surface area contributed by atoms with E-state index in [2.05, 4.69) is 30.6 Å². The predicted molar refractivity (Wildman–Crippen MR) is 158 cm³/mol. The van der Waals surface area contributed by atoms with Crippen molar-refractivity contribution in [3.63, 3.8) is 0 Å². The number of carbonyl (C=O) groups is 1. The zero-order chi connectivity index (χ0) is 30.6. The number of amides is 2. The number of aryl methyl sites for hydroxylation is 1. The summed E-state index contributed by atoms with van der Waals surface area (Å²) < 4.78 is 45.9. The molecule has 0 aliphatic carbocycles. The third-order valence-corrected chi connectivity index (χ3v) is 6.45. The van der Waals surface area contributed by atoms with Gasteiger partial charge in [-0.05, 0) is 48.4 Å². The van der Waals surface area contributed by atoms with Gasteiger partial charge in [-0.1, -0.05) is 42.8 Å². The third-order valence-electron chi connectivity index (χ3n) is 6.24. The number of benzene rings is 2. The summed E-state index contributed by atoms with van der Waals surface area (Å²) in [5, 5.41) is 5.46. The van der Waals surface area contributed by atoms with Crippen LogP contribution in [0, 0.1) is 0 Å². The van der Waals surface area contributed by atoms with Crippen molar-refractivity contribution >= 4 is 34.8 Å². The van der Waals surface area contributed by atoms with E-state index < -0.39 is 17.8 Å². The van der Waals surface area contributed by atoms with Crippen molar-refractivity contribution in [2.45, 2.75) is 19.5 Å². The van der Waals surface area contributed by atoms with Crippen LogP contribution in [0.4, 0.5) is 35.2 Å². The van der Waals surface area contributed by atoms with Gasteiger partial charge in [-0.15, -0.1) is 0 Å². The smallest absolute Gasteiger partial charge is 0.416 e. The Kier molecular flexibility index (Phi) is 8.39. The van der Waals surface area contributed by atoms with Crippen molar-refractivity contribution in [2.75, 3.05) is 16.4 Å². The van der Waals surface area contributed by atoms with E-state index in [0.717, 1.165) is 23.4 Å². The lowest BCUT2D eigenvalue weighted by Gasteiger charge is -2.15. The first kappa shape index (κ1) is 29.3. The second-order valence-corrected chi connectivity index (χ2v) is 9.63. The third kappa shape index (κ3) is 7.16. The van der Waals surface area contributed by atoms with Crippen LogP contribution in [0.25, 0.3) is 22.3 Å². The number of hydrogen-bond acceptors (Lipinski definition) is 7. The molecule has 3 heterocycles. The van der Waals surface area contributed by atoms with Gasteiger partial charge >= 0.3 is 18.2 Å². The van der Waals surface area contributed by atoms with Crippen LogP contribution in [-0.4, -0.2) is 26.0 Å². The minimum absolute atomic E-state index is 0.00540. The first-order valence-corrected chi connectivity index (χ1v) is 13.2. The average molecular weight is 606 g/mol. The number of alkyl halides is 3. The summed E-state index contributed by atoms with van der Waals surface area (Å²) in [7, 11) is 0.